The van der Waals surface area contributed by atoms with E-state index >= 15 is 0 Å². The lowest BCUT2D eigenvalue weighted by atomic mass is 10.1. The Labute approximate surface area is 136 Å². The number of amides is 3. The van der Waals surface area contributed by atoms with Gasteiger partial charge in [-0.1, -0.05) is 35.5 Å². The molecule has 2 aliphatic rings. The number of benzene rings is 1. The number of halogens is 1. The summed E-state index contributed by atoms with van der Waals surface area (Å²) in [6.07, 6.45) is 3.20. The van der Waals surface area contributed by atoms with Gasteiger partial charge in [-0.3, -0.25) is 19.3 Å². The fourth-order valence-electron chi connectivity index (χ4n) is 2.36. The van der Waals surface area contributed by atoms with Gasteiger partial charge < -0.3 is 4.90 Å². The number of hydrogen-bond donors (Lipinski definition) is 0. The molecule has 1 aromatic rings. The molecule has 0 atom stereocenters. The van der Waals surface area contributed by atoms with Crippen LogP contribution in [0.5, 0.6) is 0 Å². The van der Waals surface area contributed by atoms with E-state index in [2.05, 4.69) is 0 Å². The van der Waals surface area contributed by atoms with E-state index in [1.165, 1.54) is 11.0 Å². The largest absolute Gasteiger partial charge is 0.335 e. The average molecular weight is 337 g/mol. The number of carbonyl (C=O) groups is 3. The molecule has 0 unspecified atom stereocenters. The number of thioether (sulfide) groups is 1. The Balaban J connectivity index is 1.54. The first-order valence-corrected chi connectivity index (χ1v) is 8.12. The van der Waals surface area contributed by atoms with Gasteiger partial charge in [-0.05, 0) is 23.8 Å². The number of imide groups is 1. The van der Waals surface area contributed by atoms with E-state index in [1.54, 1.807) is 23.1 Å². The first-order chi connectivity index (χ1) is 10.5. The van der Waals surface area contributed by atoms with Crippen molar-refractivity contribution in [2.45, 2.75) is 6.04 Å². The van der Waals surface area contributed by atoms with Crippen molar-refractivity contribution in [2.24, 2.45) is 0 Å². The highest BCUT2D eigenvalue weighted by Crippen LogP contribution is 2.26. The molecule has 3 rings (SSSR count). The second kappa shape index (κ2) is 6.14. The summed E-state index contributed by atoms with van der Waals surface area (Å²) in [6.45, 7) is 0.809. The van der Waals surface area contributed by atoms with Crippen LogP contribution in [0.2, 0.25) is 5.02 Å². The Hall–Kier alpha value is -1.79. The van der Waals surface area contributed by atoms with E-state index in [1.807, 2.05) is 12.1 Å². The molecule has 2 heterocycles. The van der Waals surface area contributed by atoms with Crippen LogP contribution < -0.4 is 0 Å². The van der Waals surface area contributed by atoms with Crippen molar-refractivity contribution in [1.29, 1.82) is 0 Å². The van der Waals surface area contributed by atoms with Crippen LogP contribution in [0, 0.1) is 0 Å². The molecule has 0 radical (unpaired) electrons. The van der Waals surface area contributed by atoms with Gasteiger partial charge in [0.15, 0.2) is 0 Å². The zero-order valence-corrected chi connectivity index (χ0v) is 13.1. The standard InChI is InChI=1S/C15H13ClN2O3S/c16-11-4-1-10(2-5-11)3-6-13(19)17-7-12(8-17)18-14(20)9-22-15(18)21/h1-6,12H,7-9H2/b6-3+. The summed E-state index contributed by atoms with van der Waals surface area (Å²) in [7, 11) is 0. The summed E-state index contributed by atoms with van der Waals surface area (Å²) in [6, 6.07) is 6.98. The van der Waals surface area contributed by atoms with Gasteiger partial charge in [-0.25, -0.2) is 0 Å². The monoisotopic (exact) mass is 336 g/mol. The Kier molecular flexibility index (Phi) is 4.22. The van der Waals surface area contributed by atoms with E-state index in [0.717, 1.165) is 17.3 Å². The van der Waals surface area contributed by atoms with Crippen molar-refractivity contribution in [1.82, 2.24) is 9.80 Å². The molecule has 0 spiro atoms. The van der Waals surface area contributed by atoms with Crippen LogP contribution in [0.3, 0.4) is 0 Å². The van der Waals surface area contributed by atoms with E-state index in [0.29, 0.717) is 18.1 Å². The number of rotatable bonds is 3. The van der Waals surface area contributed by atoms with Crippen LogP contribution in [0.25, 0.3) is 6.08 Å². The normalized spacial score (nSPS) is 19.1. The molecule has 2 saturated heterocycles. The zero-order valence-electron chi connectivity index (χ0n) is 11.6. The number of hydrogen-bond acceptors (Lipinski definition) is 4. The first kappa shape index (κ1) is 15.1. The molecule has 0 aromatic heterocycles. The highest BCUT2D eigenvalue weighted by atomic mass is 35.5. The fraction of sp³-hybridized carbons (Fsp3) is 0.267. The van der Waals surface area contributed by atoms with Crippen molar-refractivity contribution in [3.63, 3.8) is 0 Å². The third kappa shape index (κ3) is 3.03. The van der Waals surface area contributed by atoms with Gasteiger partial charge in [-0.2, -0.15) is 0 Å². The topological polar surface area (TPSA) is 57.7 Å². The molecule has 0 saturated carbocycles. The van der Waals surface area contributed by atoms with Crippen LogP contribution in [0.4, 0.5) is 4.79 Å². The third-order valence-electron chi connectivity index (χ3n) is 3.61. The molecule has 5 nitrogen and oxygen atoms in total. The quantitative estimate of drug-likeness (QED) is 0.794. The molecule has 0 N–H and O–H groups in total. The van der Waals surface area contributed by atoms with Crippen LogP contribution in [0.1, 0.15) is 5.56 Å². The minimum absolute atomic E-state index is 0.127. The summed E-state index contributed by atoms with van der Waals surface area (Å²) >= 11 is 6.82. The predicted octanol–water partition coefficient (Wildman–Crippen LogP) is 2.26. The average Bonchev–Trinajstić information content (AvgIpc) is 2.77. The second-order valence-electron chi connectivity index (χ2n) is 5.10. The van der Waals surface area contributed by atoms with Crippen LogP contribution in [-0.2, 0) is 9.59 Å². The minimum Gasteiger partial charge on any atom is -0.335 e. The van der Waals surface area contributed by atoms with Gasteiger partial charge in [0.1, 0.15) is 0 Å². The molecule has 3 amide bonds. The van der Waals surface area contributed by atoms with Crippen molar-refractivity contribution in [2.75, 3.05) is 18.8 Å². The molecule has 2 fully saturated rings. The molecule has 0 bridgehead atoms. The first-order valence-electron chi connectivity index (χ1n) is 6.76. The summed E-state index contributed by atoms with van der Waals surface area (Å²) < 4.78 is 0. The lowest BCUT2D eigenvalue weighted by Gasteiger charge is -2.42. The summed E-state index contributed by atoms with van der Waals surface area (Å²) in [5.41, 5.74) is 0.885. The van der Waals surface area contributed by atoms with Crippen LogP contribution in [0.15, 0.2) is 30.3 Å². The lowest BCUT2D eigenvalue weighted by molar-refractivity contribution is -0.138. The Morgan fingerprint density at radius 3 is 2.50 bits per heavy atom. The van der Waals surface area contributed by atoms with Gasteiger partial charge >= 0.3 is 0 Å². The number of likely N-dealkylation sites (tertiary alicyclic amines) is 1. The summed E-state index contributed by atoms with van der Waals surface area (Å²) in [5.74, 6) is -0.0820. The lowest BCUT2D eigenvalue weighted by Crippen LogP contribution is -2.61. The maximum absolute atomic E-state index is 12.0. The van der Waals surface area contributed by atoms with Gasteiger partial charge in [0.25, 0.3) is 5.24 Å². The van der Waals surface area contributed by atoms with E-state index in [9.17, 15) is 14.4 Å². The third-order valence-corrected chi connectivity index (χ3v) is 4.70. The minimum atomic E-state index is -0.209. The highest BCUT2D eigenvalue weighted by Gasteiger charge is 2.42. The van der Waals surface area contributed by atoms with Crippen molar-refractivity contribution < 1.29 is 14.4 Å². The SMILES string of the molecule is O=C(/C=C/c1ccc(Cl)cc1)N1CC(N2C(=O)CSC2=O)C1. The molecule has 2 aliphatic heterocycles. The van der Waals surface area contributed by atoms with Gasteiger partial charge in [-0.15, -0.1) is 0 Å². The fourth-order valence-corrected chi connectivity index (χ4v) is 3.26. The van der Waals surface area contributed by atoms with E-state index < -0.39 is 0 Å². The van der Waals surface area contributed by atoms with Gasteiger partial charge in [0.05, 0.1) is 11.8 Å². The Morgan fingerprint density at radius 2 is 1.91 bits per heavy atom. The van der Waals surface area contributed by atoms with E-state index in [-0.39, 0.29) is 28.8 Å². The molecule has 0 aliphatic carbocycles. The Bertz CT molecular complexity index is 637. The molecule has 114 valence electrons. The Morgan fingerprint density at radius 1 is 1.23 bits per heavy atom. The molecule has 22 heavy (non-hydrogen) atoms. The van der Waals surface area contributed by atoms with E-state index in [4.69, 9.17) is 11.6 Å². The summed E-state index contributed by atoms with van der Waals surface area (Å²) in [5, 5.41) is 0.436. The predicted molar refractivity (Wildman–Crippen MR) is 85.6 cm³/mol. The zero-order chi connectivity index (χ0) is 15.7. The summed E-state index contributed by atoms with van der Waals surface area (Å²) in [4.78, 5) is 38.1. The van der Waals surface area contributed by atoms with Crippen molar-refractivity contribution >= 4 is 46.5 Å². The smallest absolute Gasteiger partial charge is 0.289 e. The molecular formula is C15H13ClN2O3S. The second-order valence-corrected chi connectivity index (χ2v) is 6.46. The van der Waals surface area contributed by atoms with Gasteiger partial charge in [0, 0.05) is 24.2 Å². The number of carbonyl (C=O) groups excluding carboxylic acids is 3. The maximum Gasteiger partial charge on any atom is 0.289 e. The maximum atomic E-state index is 12.0. The van der Waals surface area contributed by atoms with Crippen molar-refractivity contribution in [3.8, 4) is 0 Å². The molecule has 1 aromatic carbocycles. The molecule has 7 heteroatoms. The van der Waals surface area contributed by atoms with Crippen LogP contribution >= 0.6 is 23.4 Å². The van der Waals surface area contributed by atoms with Crippen molar-refractivity contribution in [3.05, 3.63) is 40.9 Å². The van der Waals surface area contributed by atoms with Crippen LogP contribution in [-0.4, -0.2) is 51.7 Å². The highest BCUT2D eigenvalue weighted by molar-refractivity contribution is 8.14. The van der Waals surface area contributed by atoms with Gasteiger partial charge in [0.2, 0.25) is 11.8 Å². The number of nitrogens with zero attached hydrogens (tertiary/aromatic N) is 2. The molecular weight excluding hydrogens is 324 g/mol.